The Morgan fingerprint density at radius 2 is 1.00 bits per heavy atom. The summed E-state index contributed by atoms with van der Waals surface area (Å²) in [5.74, 6) is 1.97. The van der Waals surface area contributed by atoms with Gasteiger partial charge in [0.2, 0.25) is 0 Å². The maximum atomic E-state index is 9.68. The van der Waals surface area contributed by atoms with Gasteiger partial charge in [0.05, 0.1) is 11.6 Å². The molecule has 0 unspecified atom stereocenters. The lowest BCUT2D eigenvalue weighted by atomic mass is 9.67. The second-order valence-electron chi connectivity index (χ2n) is 11.9. The predicted octanol–water partition coefficient (Wildman–Crippen LogP) is 9.64. The Morgan fingerprint density at radius 1 is 0.477 bits per heavy atom. The fourth-order valence-corrected chi connectivity index (χ4v) is 7.21. The van der Waals surface area contributed by atoms with Gasteiger partial charge in [-0.1, -0.05) is 116 Å². The summed E-state index contributed by atoms with van der Waals surface area (Å²) < 4.78 is 0. The van der Waals surface area contributed by atoms with Gasteiger partial charge in [0.25, 0.3) is 0 Å². The molecule has 0 amide bonds. The van der Waals surface area contributed by atoms with E-state index in [1.54, 1.807) is 0 Å². The van der Waals surface area contributed by atoms with E-state index in [0.29, 0.717) is 17.5 Å². The molecular formula is C40H30N4. The summed E-state index contributed by atoms with van der Waals surface area (Å²) in [6.07, 6.45) is 5.94. The number of hydrogen-bond acceptors (Lipinski definition) is 4. The van der Waals surface area contributed by atoms with Gasteiger partial charge in [-0.05, 0) is 70.5 Å². The lowest BCUT2D eigenvalue weighted by Crippen LogP contribution is -2.28. The first-order chi connectivity index (χ1) is 21.7. The molecule has 5 aromatic carbocycles. The van der Waals surface area contributed by atoms with Gasteiger partial charge in [-0.15, -0.1) is 0 Å². The Bertz CT molecular complexity index is 1990. The molecule has 6 aromatic rings. The van der Waals surface area contributed by atoms with Crippen molar-refractivity contribution in [1.82, 2.24) is 15.0 Å². The minimum atomic E-state index is -0.0211. The van der Waals surface area contributed by atoms with Crippen LogP contribution in [0.4, 0.5) is 0 Å². The van der Waals surface area contributed by atoms with Crippen LogP contribution in [0.25, 0.3) is 56.4 Å². The van der Waals surface area contributed by atoms with Crippen molar-refractivity contribution >= 4 is 0 Å². The van der Waals surface area contributed by atoms with Crippen LogP contribution >= 0.6 is 0 Å². The fourth-order valence-electron chi connectivity index (χ4n) is 7.21. The van der Waals surface area contributed by atoms with Gasteiger partial charge in [-0.2, -0.15) is 5.26 Å². The Hall–Kier alpha value is -5.40. The number of nitrogens with zero attached hydrogens (tertiary/aromatic N) is 4. The first-order valence-corrected chi connectivity index (χ1v) is 15.4. The average molecular weight is 567 g/mol. The van der Waals surface area contributed by atoms with Crippen molar-refractivity contribution in [1.29, 1.82) is 5.26 Å². The third kappa shape index (κ3) is 4.41. The molecular weight excluding hydrogens is 536 g/mol. The Kier molecular flexibility index (Phi) is 6.38. The van der Waals surface area contributed by atoms with Gasteiger partial charge in [-0.3, -0.25) is 0 Å². The molecule has 2 aliphatic carbocycles. The van der Waals surface area contributed by atoms with Gasteiger partial charge in [0, 0.05) is 22.1 Å². The Morgan fingerprint density at radius 3 is 1.64 bits per heavy atom. The van der Waals surface area contributed by atoms with Gasteiger partial charge in [0.1, 0.15) is 0 Å². The van der Waals surface area contributed by atoms with Crippen molar-refractivity contribution < 1.29 is 0 Å². The molecule has 0 saturated heterocycles. The van der Waals surface area contributed by atoms with Crippen molar-refractivity contribution in [3.63, 3.8) is 0 Å². The van der Waals surface area contributed by atoms with Crippen molar-refractivity contribution in [2.24, 2.45) is 0 Å². The predicted molar refractivity (Wildman–Crippen MR) is 176 cm³/mol. The SMILES string of the molecule is N#Cc1ccc2c(c1)C1(CCCCC1)c1cc(-c3cccc(-c4nc(-c5ccccc5)nc(-c5ccccc5)n4)c3)ccc1-2. The molecule has 1 fully saturated rings. The van der Waals surface area contributed by atoms with E-state index in [-0.39, 0.29) is 5.41 Å². The molecule has 0 bridgehead atoms. The number of nitriles is 1. The van der Waals surface area contributed by atoms with Crippen LogP contribution in [0, 0.1) is 11.3 Å². The summed E-state index contributed by atoms with van der Waals surface area (Å²) >= 11 is 0. The minimum Gasteiger partial charge on any atom is -0.208 e. The standard InChI is InChI=1S/C40H30N4/c41-26-27-17-19-33-34-20-18-31(25-36(34)40(35(33)23-27)21-8-3-9-22-40)30-15-10-16-32(24-30)39-43-37(28-11-4-1-5-12-28)42-38(44-39)29-13-6-2-7-14-29/h1-2,4-7,10-20,23-25H,3,8-9,21-22H2. The average Bonchev–Trinajstić information content (AvgIpc) is 3.36. The molecule has 4 heteroatoms. The van der Waals surface area contributed by atoms with E-state index < -0.39 is 0 Å². The van der Waals surface area contributed by atoms with E-state index in [4.69, 9.17) is 15.0 Å². The van der Waals surface area contributed by atoms with Crippen molar-refractivity contribution in [3.05, 3.63) is 138 Å². The highest BCUT2D eigenvalue weighted by molar-refractivity contribution is 5.85. The molecule has 4 nitrogen and oxygen atoms in total. The van der Waals surface area contributed by atoms with E-state index in [1.807, 2.05) is 66.7 Å². The summed E-state index contributed by atoms with van der Waals surface area (Å²) in [7, 11) is 0. The molecule has 44 heavy (non-hydrogen) atoms. The number of aromatic nitrogens is 3. The Labute approximate surface area is 257 Å². The molecule has 0 radical (unpaired) electrons. The van der Waals surface area contributed by atoms with Gasteiger partial charge >= 0.3 is 0 Å². The van der Waals surface area contributed by atoms with Crippen molar-refractivity contribution in [2.45, 2.75) is 37.5 Å². The fraction of sp³-hybridized carbons (Fsp3) is 0.150. The topological polar surface area (TPSA) is 62.5 Å². The molecule has 1 spiro atoms. The van der Waals surface area contributed by atoms with Crippen LogP contribution in [0.3, 0.4) is 0 Å². The zero-order chi connectivity index (χ0) is 29.5. The molecule has 1 aromatic heterocycles. The van der Waals surface area contributed by atoms with Crippen LogP contribution in [0.15, 0.2) is 121 Å². The summed E-state index contributed by atoms with van der Waals surface area (Å²) in [5, 5.41) is 9.68. The highest BCUT2D eigenvalue weighted by atomic mass is 15.0. The van der Waals surface area contributed by atoms with Crippen molar-refractivity contribution in [3.8, 4) is 62.5 Å². The van der Waals surface area contributed by atoms with E-state index in [2.05, 4.69) is 60.7 Å². The molecule has 1 saturated carbocycles. The molecule has 0 aliphatic heterocycles. The van der Waals surface area contributed by atoms with Crippen LogP contribution < -0.4 is 0 Å². The number of rotatable bonds is 4. The molecule has 0 atom stereocenters. The maximum Gasteiger partial charge on any atom is 0.164 e. The van der Waals surface area contributed by atoms with Crippen LogP contribution in [0.1, 0.15) is 48.8 Å². The zero-order valence-corrected chi connectivity index (χ0v) is 24.4. The van der Waals surface area contributed by atoms with E-state index >= 15 is 0 Å². The largest absolute Gasteiger partial charge is 0.208 e. The van der Waals surface area contributed by atoms with E-state index in [1.165, 1.54) is 47.1 Å². The van der Waals surface area contributed by atoms with Crippen molar-refractivity contribution in [2.75, 3.05) is 0 Å². The summed E-state index contributed by atoms with van der Waals surface area (Å²) in [6.45, 7) is 0. The monoisotopic (exact) mass is 566 g/mol. The van der Waals surface area contributed by atoms with Gasteiger partial charge < -0.3 is 0 Å². The zero-order valence-electron chi connectivity index (χ0n) is 24.4. The lowest BCUT2D eigenvalue weighted by molar-refractivity contribution is 0.353. The van der Waals surface area contributed by atoms with E-state index in [0.717, 1.165) is 40.7 Å². The molecule has 0 N–H and O–H groups in total. The number of fused-ring (bicyclic) bond motifs is 5. The molecule has 2 aliphatic rings. The third-order valence-corrected chi connectivity index (χ3v) is 9.35. The van der Waals surface area contributed by atoms with E-state index in [9.17, 15) is 5.26 Å². The first kappa shape index (κ1) is 26.2. The quantitative estimate of drug-likeness (QED) is 0.213. The van der Waals surface area contributed by atoms with Gasteiger partial charge in [0.15, 0.2) is 17.5 Å². The second kappa shape index (κ2) is 10.7. The highest BCUT2D eigenvalue weighted by Crippen LogP contribution is 2.56. The van der Waals surface area contributed by atoms with Crippen LogP contribution in [-0.4, -0.2) is 15.0 Å². The molecule has 210 valence electrons. The second-order valence-corrected chi connectivity index (χ2v) is 11.9. The van der Waals surface area contributed by atoms with Gasteiger partial charge in [-0.25, -0.2) is 15.0 Å². The summed E-state index contributed by atoms with van der Waals surface area (Å²) in [6, 6.07) is 44.3. The molecule has 8 rings (SSSR count). The lowest BCUT2D eigenvalue weighted by Gasteiger charge is -2.36. The number of hydrogen-bond donors (Lipinski definition) is 0. The smallest absolute Gasteiger partial charge is 0.164 e. The normalized spacial score (nSPS) is 14.5. The Balaban J connectivity index is 1.24. The third-order valence-electron chi connectivity index (χ3n) is 9.35. The maximum absolute atomic E-state index is 9.68. The molecule has 1 heterocycles. The van der Waals surface area contributed by atoms with Crippen LogP contribution in [0.2, 0.25) is 0 Å². The van der Waals surface area contributed by atoms with Crippen LogP contribution in [0.5, 0.6) is 0 Å². The highest BCUT2D eigenvalue weighted by Gasteiger charge is 2.44. The summed E-state index contributed by atoms with van der Waals surface area (Å²) in [4.78, 5) is 14.8. The van der Waals surface area contributed by atoms with Crippen LogP contribution in [-0.2, 0) is 5.41 Å². The number of benzene rings is 5. The first-order valence-electron chi connectivity index (χ1n) is 15.4. The summed E-state index contributed by atoms with van der Waals surface area (Å²) in [5.41, 5.74) is 11.2. The minimum absolute atomic E-state index is 0.0211.